The van der Waals surface area contributed by atoms with Gasteiger partial charge < -0.3 is 25.1 Å². The van der Waals surface area contributed by atoms with Crippen LogP contribution in [0.3, 0.4) is 0 Å². The largest absolute Gasteiger partial charge is 0.477 e. The smallest absolute Gasteiger partial charge is 0.400 e. The number of carboxylic acids is 1. The van der Waals surface area contributed by atoms with Gasteiger partial charge in [-0.05, 0) is 20.3 Å². The lowest BCUT2D eigenvalue weighted by Crippen LogP contribution is -2.66. The molecule has 0 aromatic carbocycles. The average molecular weight is 521 g/mol. The van der Waals surface area contributed by atoms with Crippen LogP contribution in [0.4, 0.5) is 13.2 Å². The number of alkyl halides is 3. The summed E-state index contributed by atoms with van der Waals surface area (Å²) in [4.78, 5) is 53.9. The van der Waals surface area contributed by atoms with E-state index in [9.17, 15) is 37.5 Å². The molecule has 3 aliphatic heterocycles. The fourth-order valence-corrected chi connectivity index (χ4v) is 6.52. The molecular weight excluding hydrogens is 489 g/mol. The zero-order valence-electron chi connectivity index (χ0n) is 20.4. The first-order valence-corrected chi connectivity index (χ1v) is 12.2. The van der Waals surface area contributed by atoms with Gasteiger partial charge in [-0.2, -0.15) is 13.2 Å². The molecule has 0 aliphatic carbocycles. The van der Waals surface area contributed by atoms with E-state index in [1.807, 2.05) is 0 Å². The third kappa shape index (κ3) is 4.76. The van der Waals surface area contributed by atoms with Gasteiger partial charge in [0.25, 0.3) is 0 Å². The Morgan fingerprint density at radius 1 is 1.20 bits per heavy atom. The maximum Gasteiger partial charge on any atom is 0.400 e. The Balaban J connectivity index is 1.78. The molecular formula is C22H31F3N4O5S. The van der Waals surface area contributed by atoms with Crippen molar-refractivity contribution in [3.8, 4) is 0 Å². The summed E-state index contributed by atoms with van der Waals surface area (Å²) < 4.78 is 39.2. The Labute approximate surface area is 206 Å². The number of fused-ring (bicyclic) bond motifs is 1. The highest BCUT2D eigenvalue weighted by Gasteiger charge is 2.61. The summed E-state index contributed by atoms with van der Waals surface area (Å²) >= 11 is 1.32. The standard InChI is InChI=1S/C22H31F3N4O5S/c1-9-15-14(11(3)28(6)18(30)10(2)22(23,24)25)20(32)29(15)16(21(33)34)17(9)35-12-7-13(26-8-12)19(31)27(4)5/h9-15,26H,7-8H2,1-6H3,(H,33,34)/t9?,10?,11-,12+,13+,14-,15-/m1/s1. The molecule has 3 aliphatic rings. The third-order valence-corrected chi connectivity index (χ3v) is 8.77. The van der Waals surface area contributed by atoms with Gasteiger partial charge in [-0.3, -0.25) is 14.4 Å². The van der Waals surface area contributed by atoms with Crippen molar-refractivity contribution >= 4 is 35.5 Å². The minimum Gasteiger partial charge on any atom is -0.477 e. The zero-order chi connectivity index (χ0) is 26.6. The van der Waals surface area contributed by atoms with Gasteiger partial charge in [-0.15, -0.1) is 11.8 Å². The fraction of sp³-hybridized carbons (Fsp3) is 0.727. The van der Waals surface area contributed by atoms with E-state index < -0.39 is 47.9 Å². The molecule has 13 heteroatoms. The number of hydrogen-bond donors (Lipinski definition) is 2. The summed E-state index contributed by atoms with van der Waals surface area (Å²) in [6.45, 7) is 4.56. The first-order valence-electron chi connectivity index (χ1n) is 11.3. The highest BCUT2D eigenvalue weighted by molar-refractivity contribution is 8.03. The number of nitrogens with one attached hydrogen (secondary N) is 1. The van der Waals surface area contributed by atoms with Crippen molar-refractivity contribution < 1.29 is 37.5 Å². The second-order valence-corrected chi connectivity index (χ2v) is 11.0. The number of rotatable bonds is 7. The minimum atomic E-state index is -4.70. The Morgan fingerprint density at radius 2 is 1.80 bits per heavy atom. The summed E-state index contributed by atoms with van der Waals surface area (Å²) in [5.41, 5.74) is -0.124. The molecule has 2 N–H and O–H groups in total. The summed E-state index contributed by atoms with van der Waals surface area (Å²) in [6.07, 6.45) is -4.21. The van der Waals surface area contributed by atoms with Crippen molar-refractivity contribution in [3.05, 3.63) is 10.6 Å². The number of amides is 3. The van der Waals surface area contributed by atoms with Gasteiger partial charge >= 0.3 is 12.1 Å². The molecule has 2 saturated heterocycles. The Bertz CT molecular complexity index is 956. The number of thioether (sulfide) groups is 1. The summed E-state index contributed by atoms with van der Waals surface area (Å²) in [5, 5.41) is 12.9. The van der Waals surface area contributed by atoms with E-state index in [0.29, 0.717) is 17.9 Å². The molecule has 3 amide bonds. The van der Waals surface area contributed by atoms with Crippen LogP contribution in [0.5, 0.6) is 0 Å². The monoisotopic (exact) mass is 520 g/mol. The molecule has 2 fully saturated rings. The van der Waals surface area contributed by atoms with E-state index in [4.69, 9.17) is 0 Å². The van der Waals surface area contributed by atoms with Crippen LogP contribution >= 0.6 is 11.8 Å². The van der Waals surface area contributed by atoms with Gasteiger partial charge in [0.2, 0.25) is 17.7 Å². The molecule has 0 bridgehead atoms. The van der Waals surface area contributed by atoms with Crippen LogP contribution in [-0.2, 0) is 19.2 Å². The third-order valence-electron chi connectivity index (χ3n) is 7.25. The highest BCUT2D eigenvalue weighted by atomic mass is 32.2. The molecule has 196 valence electrons. The Kier molecular flexibility index (Phi) is 7.52. The number of carbonyl (C=O) groups is 4. The van der Waals surface area contributed by atoms with Gasteiger partial charge in [-0.25, -0.2) is 4.79 Å². The number of aliphatic carboxylic acids is 1. The van der Waals surface area contributed by atoms with E-state index in [1.54, 1.807) is 21.0 Å². The van der Waals surface area contributed by atoms with Crippen LogP contribution in [0.1, 0.15) is 27.2 Å². The second kappa shape index (κ2) is 9.64. The van der Waals surface area contributed by atoms with Crippen LogP contribution in [0.15, 0.2) is 10.6 Å². The van der Waals surface area contributed by atoms with Gasteiger partial charge in [0.15, 0.2) is 0 Å². The van der Waals surface area contributed by atoms with Gasteiger partial charge in [0.1, 0.15) is 11.6 Å². The number of β-lactam (4-membered cyclic amide) rings is 1. The van der Waals surface area contributed by atoms with Crippen LogP contribution in [0.25, 0.3) is 0 Å². The number of carbonyl (C=O) groups excluding carboxylic acids is 3. The van der Waals surface area contributed by atoms with Crippen molar-refractivity contribution in [1.29, 1.82) is 0 Å². The predicted octanol–water partition coefficient (Wildman–Crippen LogP) is 1.36. The molecule has 0 aromatic rings. The fourth-order valence-electron chi connectivity index (χ4n) is 5.04. The summed E-state index contributed by atoms with van der Waals surface area (Å²) in [6, 6.07) is -1.80. The zero-order valence-corrected chi connectivity index (χ0v) is 21.2. The van der Waals surface area contributed by atoms with Crippen molar-refractivity contribution in [2.45, 2.75) is 56.7 Å². The minimum absolute atomic E-state index is 0.0753. The second-order valence-electron chi connectivity index (χ2n) is 9.65. The first-order chi connectivity index (χ1) is 16.1. The maximum atomic E-state index is 13.1. The molecule has 3 heterocycles. The maximum absolute atomic E-state index is 13.1. The van der Waals surface area contributed by atoms with Crippen molar-refractivity contribution in [2.75, 3.05) is 27.7 Å². The number of hydrogen-bond acceptors (Lipinski definition) is 6. The van der Waals surface area contributed by atoms with Crippen molar-refractivity contribution in [1.82, 2.24) is 20.0 Å². The van der Waals surface area contributed by atoms with Crippen LogP contribution < -0.4 is 5.32 Å². The molecule has 0 spiro atoms. The van der Waals surface area contributed by atoms with E-state index in [-0.39, 0.29) is 28.8 Å². The van der Waals surface area contributed by atoms with E-state index in [0.717, 1.165) is 11.8 Å². The summed E-state index contributed by atoms with van der Waals surface area (Å²) in [5.74, 6) is -6.42. The van der Waals surface area contributed by atoms with Gasteiger partial charge in [-0.1, -0.05) is 6.92 Å². The average Bonchev–Trinajstić information content (AvgIpc) is 3.32. The molecule has 35 heavy (non-hydrogen) atoms. The SMILES string of the molecule is CC1C(S[C@@H]2CN[C@H](C(=O)N(C)C)C2)=C(C(=O)O)N2C(=O)[C@H]([C@@H](C)N(C)C(=O)C(C)C(F)(F)F)[C@@H]12. The lowest BCUT2D eigenvalue weighted by molar-refractivity contribution is -0.188. The highest BCUT2D eigenvalue weighted by Crippen LogP contribution is 2.52. The Morgan fingerprint density at radius 3 is 2.31 bits per heavy atom. The topological polar surface area (TPSA) is 110 Å². The lowest BCUT2D eigenvalue weighted by Gasteiger charge is -2.49. The van der Waals surface area contributed by atoms with Crippen molar-refractivity contribution in [3.63, 3.8) is 0 Å². The molecule has 0 radical (unpaired) electrons. The quantitative estimate of drug-likeness (QED) is 0.488. The van der Waals surface area contributed by atoms with Gasteiger partial charge in [0, 0.05) is 49.8 Å². The summed E-state index contributed by atoms with van der Waals surface area (Å²) in [7, 11) is 4.55. The molecule has 7 atom stereocenters. The van der Waals surface area contributed by atoms with E-state index in [2.05, 4.69) is 5.32 Å². The number of carboxylic acid groups (broad SMARTS) is 1. The predicted molar refractivity (Wildman–Crippen MR) is 122 cm³/mol. The molecule has 0 saturated carbocycles. The molecule has 3 rings (SSSR count). The molecule has 2 unspecified atom stereocenters. The number of likely N-dealkylation sites (N-methyl/N-ethyl adjacent to an activating group) is 1. The lowest BCUT2D eigenvalue weighted by atomic mass is 9.77. The van der Waals surface area contributed by atoms with Crippen LogP contribution in [0.2, 0.25) is 0 Å². The normalized spacial score (nSPS) is 30.0. The first kappa shape index (κ1) is 27.3. The molecule has 9 nitrogen and oxygen atoms in total. The van der Waals surface area contributed by atoms with Gasteiger partial charge in [0.05, 0.1) is 18.0 Å². The number of nitrogens with zero attached hydrogens (tertiary/aromatic N) is 3. The van der Waals surface area contributed by atoms with Crippen LogP contribution in [0, 0.1) is 17.8 Å². The number of halogens is 3. The Hall–Kier alpha value is -2.28. The van der Waals surface area contributed by atoms with Crippen molar-refractivity contribution in [2.24, 2.45) is 17.8 Å². The van der Waals surface area contributed by atoms with E-state index in [1.165, 1.54) is 35.5 Å². The van der Waals surface area contributed by atoms with E-state index >= 15 is 0 Å². The molecule has 0 aromatic heterocycles. The van der Waals surface area contributed by atoms with Crippen LogP contribution in [-0.4, -0.2) is 101 Å².